The Morgan fingerprint density at radius 1 is 1.33 bits per heavy atom. The molecule has 0 aliphatic carbocycles. The molecule has 1 atom stereocenters. The predicted molar refractivity (Wildman–Crippen MR) is 86.4 cm³/mol. The second kappa shape index (κ2) is 7.01. The molecule has 1 fully saturated rings. The van der Waals surface area contributed by atoms with Crippen LogP contribution in [-0.4, -0.2) is 19.2 Å². The summed E-state index contributed by atoms with van der Waals surface area (Å²) in [5, 5.41) is 0. The van der Waals surface area contributed by atoms with Gasteiger partial charge in [-0.1, -0.05) is 13.3 Å². The highest BCUT2D eigenvalue weighted by Gasteiger charge is 2.19. The van der Waals surface area contributed by atoms with E-state index in [-0.39, 0.29) is 11.9 Å². The summed E-state index contributed by atoms with van der Waals surface area (Å²) in [5.41, 5.74) is 7.44. The highest BCUT2D eigenvalue weighted by molar-refractivity contribution is 5.70. The van der Waals surface area contributed by atoms with E-state index in [2.05, 4.69) is 11.8 Å². The van der Waals surface area contributed by atoms with Crippen molar-refractivity contribution in [3.8, 4) is 5.75 Å². The maximum Gasteiger partial charge on any atom is 0.167 e. The van der Waals surface area contributed by atoms with E-state index in [4.69, 9.17) is 10.5 Å². The minimum absolute atomic E-state index is 0.0513. The van der Waals surface area contributed by atoms with Crippen LogP contribution in [0.4, 0.5) is 15.8 Å². The molecule has 0 radical (unpaired) electrons. The van der Waals surface area contributed by atoms with E-state index in [0.29, 0.717) is 11.4 Å². The minimum atomic E-state index is -0.383. The number of nitrogen functional groups attached to an aromatic ring is 1. The maximum atomic E-state index is 13.9. The number of rotatable bonds is 4. The number of nitrogens with zero attached hydrogens (tertiary/aromatic N) is 1. The van der Waals surface area contributed by atoms with Crippen LogP contribution in [0.15, 0.2) is 12.1 Å². The highest BCUT2D eigenvalue weighted by Crippen LogP contribution is 2.33. The lowest BCUT2D eigenvalue weighted by atomic mass is 9.98. The van der Waals surface area contributed by atoms with Crippen LogP contribution in [-0.2, 0) is 0 Å². The van der Waals surface area contributed by atoms with Crippen molar-refractivity contribution in [2.45, 2.75) is 52.6 Å². The van der Waals surface area contributed by atoms with Crippen LogP contribution >= 0.6 is 0 Å². The van der Waals surface area contributed by atoms with Gasteiger partial charge < -0.3 is 15.4 Å². The Morgan fingerprint density at radius 2 is 2.10 bits per heavy atom. The monoisotopic (exact) mass is 294 g/mol. The lowest BCUT2D eigenvalue weighted by molar-refractivity contribution is 0.231. The number of ether oxygens (including phenoxy) is 1. The first-order valence-corrected chi connectivity index (χ1v) is 8.01. The van der Waals surface area contributed by atoms with E-state index >= 15 is 0 Å². The lowest BCUT2D eigenvalue weighted by Crippen LogP contribution is -2.25. The molecule has 0 spiro atoms. The summed E-state index contributed by atoms with van der Waals surface area (Å²) in [6, 6.07) is 3.15. The van der Waals surface area contributed by atoms with Crippen LogP contribution in [0.5, 0.6) is 5.75 Å². The van der Waals surface area contributed by atoms with Gasteiger partial charge >= 0.3 is 0 Å². The molecular formula is C17H27FN2O. The lowest BCUT2D eigenvalue weighted by Gasteiger charge is -2.25. The smallest absolute Gasteiger partial charge is 0.167 e. The quantitative estimate of drug-likeness (QED) is 0.845. The molecular weight excluding hydrogens is 267 g/mol. The molecule has 4 heteroatoms. The fourth-order valence-corrected chi connectivity index (χ4v) is 2.99. The average molecular weight is 294 g/mol. The Labute approximate surface area is 127 Å². The number of hydrogen-bond donors (Lipinski definition) is 1. The summed E-state index contributed by atoms with van der Waals surface area (Å²) in [5.74, 6) is 0.708. The van der Waals surface area contributed by atoms with Crippen molar-refractivity contribution in [3.05, 3.63) is 17.9 Å². The van der Waals surface area contributed by atoms with Gasteiger partial charge in [0, 0.05) is 25.2 Å². The highest BCUT2D eigenvalue weighted by atomic mass is 19.1. The summed E-state index contributed by atoms with van der Waals surface area (Å²) < 4.78 is 19.5. The van der Waals surface area contributed by atoms with Crippen molar-refractivity contribution in [1.82, 2.24) is 0 Å². The predicted octanol–water partition coefficient (Wildman–Crippen LogP) is 4.21. The molecule has 1 aliphatic heterocycles. The van der Waals surface area contributed by atoms with Crippen molar-refractivity contribution >= 4 is 11.4 Å². The molecule has 118 valence electrons. The van der Waals surface area contributed by atoms with Gasteiger partial charge in [-0.15, -0.1) is 0 Å². The van der Waals surface area contributed by atoms with Crippen LogP contribution < -0.4 is 15.4 Å². The van der Waals surface area contributed by atoms with E-state index in [9.17, 15) is 4.39 Å². The molecule has 1 unspecified atom stereocenters. The van der Waals surface area contributed by atoms with E-state index in [0.717, 1.165) is 31.1 Å². The summed E-state index contributed by atoms with van der Waals surface area (Å²) >= 11 is 0. The number of halogens is 1. The van der Waals surface area contributed by atoms with Gasteiger partial charge in [-0.05, 0) is 39.0 Å². The Bertz CT molecular complexity index is 476. The Hall–Kier alpha value is -1.45. The number of nitrogens with two attached hydrogens (primary N) is 1. The van der Waals surface area contributed by atoms with Crippen LogP contribution in [0.3, 0.4) is 0 Å². The minimum Gasteiger partial charge on any atom is -0.488 e. The fourth-order valence-electron chi connectivity index (χ4n) is 2.99. The third-order valence-corrected chi connectivity index (χ3v) is 4.21. The second-order valence-corrected chi connectivity index (χ2v) is 6.20. The van der Waals surface area contributed by atoms with E-state index in [1.54, 1.807) is 6.07 Å². The molecule has 1 aromatic carbocycles. The second-order valence-electron chi connectivity index (χ2n) is 6.20. The molecule has 1 heterocycles. The van der Waals surface area contributed by atoms with Crippen molar-refractivity contribution in [2.75, 3.05) is 23.7 Å². The van der Waals surface area contributed by atoms with E-state index in [1.807, 2.05) is 13.8 Å². The number of anilines is 2. The zero-order valence-electron chi connectivity index (χ0n) is 13.4. The first-order valence-electron chi connectivity index (χ1n) is 8.01. The summed E-state index contributed by atoms with van der Waals surface area (Å²) in [7, 11) is 0. The Kier molecular flexibility index (Phi) is 5.32. The fraction of sp³-hybridized carbons (Fsp3) is 0.647. The van der Waals surface area contributed by atoms with Gasteiger partial charge in [0.05, 0.1) is 17.5 Å². The SMILES string of the molecule is CCC1CCCN(c2cc(OC(C)C)c(F)cc2N)CC1. The van der Waals surface area contributed by atoms with Gasteiger partial charge in [-0.2, -0.15) is 0 Å². The zero-order chi connectivity index (χ0) is 15.4. The molecule has 0 aromatic heterocycles. The third kappa shape index (κ3) is 4.02. The summed E-state index contributed by atoms with van der Waals surface area (Å²) in [6.45, 7) is 8.00. The molecule has 0 bridgehead atoms. The van der Waals surface area contributed by atoms with Gasteiger partial charge in [0.1, 0.15) is 0 Å². The van der Waals surface area contributed by atoms with Crippen molar-refractivity contribution in [1.29, 1.82) is 0 Å². The van der Waals surface area contributed by atoms with E-state index < -0.39 is 0 Å². The summed E-state index contributed by atoms with van der Waals surface area (Å²) in [6.07, 6.45) is 4.78. The largest absolute Gasteiger partial charge is 0.488 e. The Morgan fingerprint density at radius 3 is 2.76 bits per heavy atom. The molecule has 2 rings (SSSR count). The number of hydrogen-bond acceptors (Lipinski definition) is 3. The van der Waals surface area contributed by atoms with Crippen molar-refractivity contribution in [2.24, 2.45) is 5.92 Å². The van der Waals surface area contributed by atoms with Crippen molar-refractivity contribution < 1.29 is 9.13 Å². The molecule has 1 aromatic rings. The Balaban J connectivity index is 2.21. The van der Waals surface area contributed by atoms with Crippen LogP contribution in [0.1, 0.15) is 46.5 Å². The molecule has 0 saturated carbocycles. The standard InChI is InChI=1S/C17H27FN2O/c1-4-13-6-5-8-20(9-7-13)16-11-17(21-12(2)3)14(18)10-15(16)19/h10-13H,4-9,19H2,1-3H3. The first-order chi connectivity index (χ1) is 10.0. The molecule has 21 heavy (non-hydrogen) atoms. The summed E-state index contributed by atoms with van der Waals surface area (Å²) in [4.78, 5) is 2.28. The topological polar surface area (TPSA) is 38.5 Å². The van der Waals surface area contributed by atoms with Crippen LogP contribution in [0, 0.1) is 11.7 Å². The van der Waals surface area contributed by atoms with Gasteiger partial charge in [0.15, 0.2) is 11.6 Å². The zero-order valence-corrected chi connectivity index (χ0v) is 13.4. The molecule has 2 N–H and O–H groups in total. The molecule has 0 amide bonds. The molecule has 3 nitrogen and oxygen atoms in total. The average Bonchev–Trinajstić information content (AvgIpc) is 2.66. The van der Waals surface area contributed by atoms with E-state index in [1.165, 1.54) is 25.3 Å². The normalized spacial score (nSPS) is 19.7. The molecule has 1 saturated heterocycles. The van der Waals surface area contributed by atoms with Gasteiger partial charge in [0.25, 0.3) is 0 Å². The molecule has 1 aliphatic rings. The van der Waals surface area contributed by atoms with Gasteiger partial charge in [-0.3, -0.25) is 0 Å². The first kappa shape index (κ1) is 15.9. The third-order valence-electron chi connectivity index (χ3n) is 4.21. The van der Waals surface area contributed by atoms with Crippen LogP contribution in [0.2, 0.25) is 0 Å². The van der Waals surface area contributed by atoms with Gasteiger partial charge in [-0.25, -0.2) is 4.39 Å². The number of benzene rings is 1. The maximum absolute atomic E-state index is 13.9. The van der Waals surface area contributed by atoms with Crippen LogP contribution in [0.25, 0.3) is 0 Å². The van der Waals surface area contributed by atoms with Gasteiger partial charge in [0.2, 0.25) is 0 Å². The van der Waals surface area contributed by atoms with Crippen molar-refractivity contribution in [3.63, 3.8) is 0 Å².